The smallest absolute Gasteiger partial charge is 0.262 e. The lowest BCUT2D eigenvalue weighted by Crippen LogP contribution is -2.25. The first-order valence-corrected chi connectivity index (χ1v) is 7.02. The third-order valence-corrected chi connectivity index (χ3v) is 3.10. The van der Waals surface area contributed by atoms with Gasteiger partial charge in [0.15, 0.2) is 0 Å². The van der Waals surface area contributed by atoms with E-state index in [2.05, 4.69) is 15.6 Å². The van der Waals surface area contributed by atoms with Crippen LogP contribution in [-0.4, -0.2) is 27.4 Å². The molecule has 0 saturated heterocycles. The maximum absolute atomic E-state index is 12.0. The molecular weight excluding hydrogens is 278 g/mol. The van der Waals surface area contributed by atoms with Gasteiger partial charge in [-0.25, -0.2) is 4.68 Å². The molecule has 2 rings (SSSR count). The van der Waals surface area contributed by atoms with Crippen LogP contribution in [0.15, 0.2) is 35.9 Å². The van der Waals surface area contributed by atoms with Gasteiger partial charge in [0.25, 0.3) is 5.91 Å². The molecule has 0 fully saturated rings. The van der Waals surface area contributed by atoms with Crippen LogP contribution in [0.3, 0.4) is 0 Å². The highest BCUT2D eigenvalue weighted by atomic mass is 16.1. The van der Waals surface area contributed by atoms with Crippen molar-refractivity contribution in [3.05, 3.63) is 41.6 Å². The van der Waals surface area contributed by atoms with E-state index in [1.54, 1.807) is 11.7 Å². The molecule has 1 heterocycles. The normalized spacial score (nSPS) is 11.0. The summed E-state index contributed by atoms with van der Waals surface area (Å²) in [5, 5.41) is 20.0. The Bertz CT molecular complexity index is 725. The molecule has 1 aromatic heterocycles. The molecule has 1 N–H and O–H groups in total. The molecule has 0 bridgehead atoms. The van der Waals surface area contributed by atoms with E-state index in [0.717, 1.165) is 12.0 Å². The SMILES string of the molecule is CCCNC(=O)/C(C#N)=C/c1c(-c2ccccc2)nnn1C. The van der Waals surface area contributed by atoms with Crippen LogP contribution >= 0.6 is 0 Å². The van der Waals surface area contributed by atoms with E-state index in [9.17, 15) is 10.1 Å². The van der Waals surface area contributed by atoms with Gasteiger partial charge in [-0.05, 0) is 12.5 Å². The lowest BCUT2D eigenvalue weighted by Gasteiger charge is -2.03. The Balaban J connectivity index is 2.40. The van der Waals surface area contributed by atoms with Gasteiger partial charge < -0.3 is 5.32 Å². The van der Waals surface area contributed by atoms with Gasteiger partial charge in [0, 0.05) is 19.2 Å². The van der Waals surface area contributed by atoms with Crippen molar-refractivity contribution >= 4 is 12.0 Å². The highest BCUT2D eigenvalue weighted by Gasteiger charge is 2.14. The van der Waals surface area contributed by atoms with Crippen LogP contribution in [0.1, 0.15) is 19.0 Å². The third-order valence-electron chi connectivity index (χ3n) is 3.10. The first-order chi connectivity index (χ1) is 10.7. The van der Waals surface area contributed by atoms with Crippen LogP contribution in [0.4, 0.5) is 0 Å². The molecule has 0 unspecified atom stereocenters. The fourth-order valence-electron chi connectivity index (χ4n) is 1.95. The summed E-state index contributed by atoms with van der Waals surface area (Å²) in [6.45, 7) is 2.49. The van der Waals surface area contributed by atoms with Gasteiger partial charge in [-0.15, -0.1) is 5.10 Å². The third kappa shape index (κ3) is 3.38. The second-order valence-corrected chi connectivity index (χ2v) is 4.74. The molecule has 6 heteroatoms. The number of aryl methyl sites for hydroxylation is 1. The maximum Gasteiger partial charge on any atom is 0.262 e. The molecule has 0 atom stereocenters. The largest absolute Gasteiger partial charge is 0.351 e. The predicted octanol–water partition coefficient (Wildman–Crippen LogP) is 1.92. The standard InChI is InChI=1S/C16H17N5O/c1-3-9-18-16(22)13(11-17)10-14-15(19-20-21(14)2)12-7-5-4-6-8-12/h4-8,10H,3,9H2,1-2H3,(H,18,22)/b13-10+. The molecule has 6 nitrogen and oxygen atoms in total. The molecule has 1 amide bonds. The Morgan fingerprint density at radius 1 is 1.41 bits per heavy atom. The number of carbonyl (C=O) groups is 1. The van der Waals surface area contributed by atoms with Crippen molar-refractivity contribution in [2.75, 3.05) is 6.54 Å². The van der Waals surface area contributed by atoms with Crippen LogP contribution in [0.25, 0.3) is 17.3 Å². The minimum Gasteiger partial charge on any atom is -0.351 e. The van der Waals surface area contributed by atoms with Crippen molar-refractivity contribution in [1.82, 2.24) is 20.3 Å². The lowest BCUT2D eigenvalue weighted by atomic mass is 10.1. The second kappa shape index (κ2) is 7.18. The van der Waals surface area contributed by atoms with Crippen molar-refractivity contribution in [1.29, 1.82) is 5.26 Å². The Kier molecular flexibility index (Phi) is 5.04. The summed E-state index contributed by atoms with van der Waals surface area (Å²) in [5.74, 6) is -0.385. The van der Waals surface area contributed by atoms with E-state index in [-0.39, 0.29) is 11.5 Å². The van der Waals surface area contributed by atoms with Crippen molar-refractivity contribution in [3.8, 4) is 17.3 Å². The van der Waals surface area contributed by atoms with E-state index in [4.69, 9.17) is 0 Å². The van der Waals surface area contributed by atoms with Crippen LogP contribution in [-0.2, 0) is 11.8 Å². The van der Waals surface area contributed by atoms with Crippen molar-refractivity contribution < 1.29 is 4.79 Å². The first kappa shape index (κ1) is 15.4. The highest BCUT2D eigenvalue weighted by Crippen LogP contribution is 2.22. The van der Waals surface area contributed by atoms with E-state index in [0.29, 0.717) is 17.9 Å². The quantitative estimate of drug-likeness (QED) is 0.674. The molecule has 1 aromatic carbocycles. The van der Waals surface area contributed by atoms with Crippen molar-refractivity contribution in [2.24, 2.45) is 7.05 Å². The van der Waals surface area contributed by atoms with E-state index < -0.39 is 0 Å². The molecule has 22 heavy (non-hydrogen) atoms. The summed E-state index contributed by atoms with van der Waals surface area (Å²) < 4.78 is 1.55. The van der Waals surface area contributed by atoms with Crippen LogP contribution in [0.5, 0.6) is 0 Å². The zero-order valence-corrected chi connectivity index (χ0v) is 12.6. The van der Waals surface area contributed by atoms with E-state index in [1.807, 2.05) is 43.3 Å². The van der Waals surface area contributed by atoms with E-state index >= 15 is 0 Å². The monoisotopic (exact) mass is 295 g/mol. The summed E-state index contributed by atoms with van der Waals surface area (Å²) in [5.41, 5.74) is 2.18. The number of benzene rings is 1. The number of nitriles is 1. The predicted molar refractivity (Wildman–Crippen MR) is 83.3 cm³/mol. The summed E-state index contributed by atoms with van der Waals surface area (Å²) in [6.07, 6.45) is 2.33. The van der Waals surface area contributed by atoms with Gasteiger partial charge in [-0.1, -0.05) is 42.5 Å². The first-order valence-electron chi connectivity index (χ1n) is 7.02. The van der Waals surface area contributed by atoms with Crippen molar-refractivity contribution in [3.63, 3.8) is 0 Å². The summed E-state index contributed by atoms with van der Waals surface area (Å²) >= 11 is 0. The van der Waals surface area contributed by atoms with Gasteiger partial charge >= 0.3 is 0 Å². The Hall–Kier alpha value is -2.94. The Morgan fingerprint density at radius 3 is 2.77 bits per heavy atom. The van der Waals surface area contributed by atoms with Crippen LogP contribution in [0, 0.1) is 11.3 Å². The number of hydrogen-bond acceptors (Lipinski definition) is 4. The zero-order chi connectivity index (χ0) is 15.9. The number of hydrogen-bond donors (Lipinski definition) is 1. The minimum absolute atomic E-state index is 0.0380. The average Bonchev–Trinajstić information content (AvgIpc) is 2.91. The molecule has 0 saturated carbocycles. The average molecular weight is 295 g/mol. The van der Waals surface area contributed by atoms with Crippen LogP contribution < -0.4 is 5.32 Å². The number of nitrogens with one attached hydrogen (secondary N) is 1. The number of nitrogens with zero attached hydrogens (tertiary/aromatic N) is 4. The summed E-state index contributed by atoms with van der Waals surface area (Å²) in [4.78, 5) is 12.0. The number of carbonyl (C=O) groups excluding carboxylic acids is 1. The Labute approximate surface area is 129 Å². The molecule has 0 spiro atoms. The fraction of sp³-hybridized carbons (Fsp3) is 0.250. The zero-order valence-electron chi connectivity index (χ0n) is 12.6. The van der Waals surface area contributed by atoms with Gasteiger partial charge in [-0.3, -0.25) is 4.79 Å². The molecule has 0 radical (unpaired) electrons. The molecule has 0 aliphatic heterocycles. The summed E-state index contributed by atoms with van der Waals surface area (Å²) in [6, 6.07) is 11.5. The number of amides is 1. The number of aromatic nitrogens is 3. The Morgan fingerprint density at radius 2 is 2.14 bits per heavy atom. The maximum atomic E-state index is 12.0. The fourth-order valence-corrected chi connectivity index (χ4v) is 1.95. The van der Waals surface area contributed by atoms with Gasteiger partial charge in [0.2, 0.25) is 0 Å². The topological polar surface area (TPSA) is 83.6 Å². The number of rotatable bonds is 5. The minimum atomic E-state index is -0.385. The van der Waals surface area contributed by atoms with Gasteiger partial charge in [0.1, 0.15) is 17.3 Å². The van der Waals surface area contributed by atoms with Crippen molar-refractivity contribution in [2.45, 2.75) is 13.3 Å². The summed E-state index contributed by atoms with van der Waals surface area (Å²) in [7, 11) is 1.73. The molecule has 0 aliphatic rings. The molecular formula is C16H17N5O. The molecule has 112 valence electrons. The lowest BCUT2D eigenvalue weighted by molar-refractivity contribution is -0.117. The highest BCUT2D eigenvalue weighted by molar-refractivity contribution is 6.02. The van der Waals surface area contributed by atoms with E-state index in [1.165, 1.54) is 6.08 Å². The van der Waals surface area contributed by atoms with Gasteiger partial charge in [0.05, 0.1) is 5.69 Å². The van der Waals surface area contributed by atoms with Crippen LogP contribution in [0.2, 0.25) is 0 Å². The second-order valence-electron chi connectivity index (χ2n) is 4.74. The van der Waals surface area contributed by atoms with Gasteiger partial charge in [-0.2, -0.15) is 5.26 Å². The molecule has 0 aliphatic carbocycles. The molecule has 2 aromatic rings.